The highest BCUT2D eigenvalue weighted by molar-refractivity contribution is 8.00. The van der Waals surface area contributed by atoms with E-state index < -0.39 is 0 Å². The molecule has 2 N–H and O–H groups in total. The van der Waals surface area contributed by atoms with Gasteiger partial charge in [-0.1, -0.05) is 88.1 Å². The predicted octanol–water partition coefficient (Wildman–Crippen LogP) is 7.16. The Hall–Kier alpha value is -1.04. The third-order valence-corrected chi connectivity index (χ3v) is 13.6. The second-order valence-corrected chi connectivity index (χ2v) is 16.0. The average Bonchev–Trinajstić information content (AvgIpc) is 3.86. The van der Waals surface area contributed by atoms with Gasteiger partial charge in [-0.3, -0.25) is 15.6 Å². The number of rotatable bonds is 7. The van der Waals surface area contributed by atoms with E-state index in [-0.39, 0.29) is 11.5 Å². The van der Waals surface area contributed by atoms with Crippen molar-refractivity contribution in [1.82, 2.24) is 15.8 Å². The molecule has 0 radical (unpaired) electrons. The molecule has 220 valence electrons. The SMILES string of the molecule is O=C([C@H]1C[C@@H]1c1ccccc1)N(CC1CC(C2CCCCCC2)CS1)C1(C2CCCCC3CC3CC2)CNNC1. The Kier molecular flexibility index (Phi) is 8.53. The molecule has 5 heteroatoms. The molecule has 2 saturated heterocycles. The molecule has 4 nitrogen and oxygen atoms in total. The van der Waals surface area contributed by atoms with Crippen LogP contribution in [0.4, 0.5) is 0 Å². The lowest BCUT2D eigenvalue weighted by atomic mass is 9.76. The van der Waals surface area contributed by atoms with Crippen LogP contribution in [0.5, 0.6) is 0 Å². The smallest absolute Gasteiger partial charge is 0.226 e. The molecule has 4 aliphatic carbocycles. The van der Waals surface area contributed by atoms with E-state index >= 15 is 0 Å². The Bertz CT molecular complexity index is 988. The fourth-order valence-electron chi connectivity index (χ4n) is 9.51. The maximum Gasteiger partial charge on any atom is 0.226 e. The van der Waals surface area contributed by atoms with Crippen LogP contribution >= 0.6 is 11.8 Å². The number of hydrazine groups is 1. The Balaban J connectivity index is 1.12. The lowest BCUT2D eigenvalue weighted by Crippen LogP contribution is -2.62. The first-order valence-corrected chi connectivity index (χ1v) is 18.2. The summed E-state index contributed by atoms with van der Waals surface area (Å²) in [5.41, 5.74) is 8.42. The van der Waals surface area contributed by atoms with Crippen molar-refractivity contribution in [1.29, 1.82) is 0 Å². The Labute approximate surface area is 247 Å². The quantitative estimate of drug-likeness (QED) is 0.346. The topological polar surface area (TPSA) is 44.4 Å². The molecular formula is C35H53N3OS. The molecule has 6 fully saturated rings. The maximum absolute atomic E-state index is 14.7. The first-order valence-electron chi connectivity index (χ1n) is 17.1. The summed E-state index contributed by atoms with van der Waals surface area (Å²) in [7, 11) is 0. The number of nitrogens with one attached hydrogen (secondary N) is 2. The number of hydrogen-bond donors (Lipinski definition) is 2. The number of carbonyl (C=O) groups is 1. The van der Waals surface area contributed by atoms with E-state index in [1.54, 1.807) is 0 Å². The van der Waals surface area contributed by atoms with Crippen molar-refractivity contribution in [2.45, 2.75) is 113 Å². The predicted molar refractivity (Wildman–Crippen MR) is 166 cm³/mol. The molecule has 4 saturated carbocycles. The van der Waals surface area contributed by atoms with E-state index in [0.717, 1.165) is 49.7 Å². The van der Waals surface area contributed by atoms with Gasteiger partial charge >= 0.3 is 0 Å². The van der Waals surface area contributed by atoms with Gasteiger partial charge in [0.05, 0.1) is 5.54 Å². The number of benzene rings is 1. The van der Waals surface area contributed by atoms with E-state index in [2.05, 4.69) is 57.8 Å². The number of carbonyl (C=O) groups excluding carboxylic acids is 1. The van der Waals surface area contributed by atoms with Crippen LogP contribution in [0, 0.1) is 35.5 Å². The summed E-state index contributed by atoms with van der Waals surface area (Å²) in [6.07, 6.45) is 20.7. The molecule has 1 aromatic carbocycles. The van der Waals surface area contributed by atoms with E-state index in [1.165, 1.54) is 101 Å². The van der Waals surface area contributed by atoms with Gasteiger partial charge in [0, 0.05) is 30.8 Å². The fraction of sp³-hybridized carbons (Fsp3) is 0.800. The van der Waals surface area contributed by atoms with Crippen LogP contribution in [0.25, 0.3) is 0 Å². The average molecular weight is 564 g/mol. The van der Waals surface area contributed by atoms with E-state index in [4.69, 9.17) is 0 Å². The second kappa shape index (κ2) is 12.3. The monoisotopic (exact) mass is 563 g/mol. The third-order valence-electron chi connectivity index (χ3n) is 12.2. The second-order valence-electron chi connectivity index (χ2n) is 14.6. The third kappa shape index (κ3) is 5.91. The molecule has 1 amide bonds. The standard InChI is InChI=1S/C35H53N3OS/c39-34(33-20-32(33)26-12-6-3-7-13-26)38(21-31-19-29(22-40-31)25-10-4-1-2-5-11-25)35(23-36-37-24-35)30-15-9-8-14-27-18-28(27)16-17-30/h3,6-7,12-13,25,27-33,36-37H,1-2,4-5,8-11,14-24H2/t27?,28?,29?,30?,31?,32-,33+/m1/s1. The van der Waals surface area contributed by atoms with Gasteiger partial charge in [0.15, 0.2) is 0 Å². The molecule has 2 heterocycles. The summed E-state index contributed by atoms with van der Waals surface area (Å²) in [4.78, 5) is 17.2. The van der Waals surface area contributed by atoms with Crippen LogP contribution in [0.1, 0.15) is 108 Å². The van der Waals surface area contributed by atoms with Gasteiger partial charge in [-0.15, -0.1) is 0 Å². The van der Waals surface area contributed by atoms with E-state index in [1.807, 2.05) is 0 Å². The first kappa shape index (κ1) is 27.8. The van der Waals surface area contributed by atoms with Crippen molar-refractivity contribution < 1.29 is 4.79 Å². The van der Waals surface area contributed by atoms with Gasteiger partial charge in [0.2, 0.25) is 5.91 Å². The molecule has 7 rings (SSSR count). The van der Waals surface area contributed by atoms with Gasteiger partial charge in [0.25, 0.3) is 0 Å². The summed E-state index contributed by atoms with van der Waals surface area (Å²) < 4.78 is 0. The molecular weight excluding hydrogens is 510 g/mol. The van der Waals surface area contributed by atoms with Crippen molar-refractivity contribution in [2.75, 3.05) is 25.4 Å². The van der Waals surface area contributed by atoms with Crippen LogP contribution in [-0.2, 0) is 4.79 Å². The van der Waals surface area contributed by atoms with Crippen LogP contribution in [0.3, 0.4) is 0 Å². The van der Waals surface area contributed by atoms with Crippen LogP contribution in [-0.4, -0.2) is 47.0 Å². The molecule has 40 heavy (non-hydrogen) atoms. The lowest BCUT2D eigenvalue weighted by Gasteiger charge is -2.47. The number of fused-ring (bicyclic) bond motifs is 1. The zero-order chi connectivity index (χ0) is 26.9. The molecule has 0 aromatic heterocycles. The summed E-state index contributed by atoms with van der Waals surface area (Å²) in [5.74, 6) is 6.78. The number of thioether (sulfide) groups is 1. The zero-order valence-corrected chi connectivity index (χ0v) is 25.5. The summed E-state index contributed by atoms with van der Waals surface area (Å²) in [6, 6.07) is 10.9. The lowest BCUT2D eigenvalue weighted by molar-refractivity contribution is -0.141. The summed E-state index contributed by atoms with van der Waals surface area (Å²) >= 11 is 2.21. The Morgan fingerprint density at radius 3 is 2.27 bits per heavy atom. The number of nitrogens with zero attached hydrogens (tertiary/aromatic N) is 1. The highest BCUT2D eigenvalue weighted by Gasteiger charge is 2.55. The first-order chi connectivity index (χ1) is 19.7. The maximum atomic E-state index is 14.7. The van der Waals surface area contributed by atoms with Gasteiger partial charge in [0.1, 0.15) is 0 Å². The Morgan fingerprint density at radius 1 is 0.775 bits per heavy atom. The van der Waals surface area contributed by atoms with Crippen molar-refractivity contribution >= 4 is 17.7 Å². The van der Waals surface area contributed by atoms with Gasteiger partial charge in [-0.25, -0.2) is 0 Å². The highest BCUT2D eigenvalue weighted by Crippen LogP contribution is 2.52. The van der Waals surface area contributed by atoms with Crippen LogP contribution < -0.4 is 10.9 Å². The van der Waals surface area contributed by atoms with Gasteiger partial charge in [-0.05, 0) is 85.3 Å². The number of amides is 1. The molecule has 5 unspecified atom stereocenters. The molecule has 0 bridgehead atoms. The minimum Gasteiger partial charge on any atom is -0.333 e. The largest absolute Gasteiger partial charge is 0.333 e. The van der Waals surface area contributed by atoms with E-state index in [0.29, 0.717) is 23.0 Å². The van der Waals surface area contributed by atoms with Gasteiger partial charge in [-0.2, -0.15) is 11.8 Å². The fourth-order valence-corrected chi connectivity index (χ4v) is 11.1. The van der Waals surface area contributed by atoms with Crippen molar-refractivity contribution in [3.05, 3.63) is 35.9 Å². The summed E-state index contributed by atoms with van der Waals surface area (Å²) in [5, 5.41) is 0.604. The minimum absolute atomic E-state index is 0.0728. The summed E-state index contributed by atoms with van der Waals surface area (Å²) in [6.45, 7) is 2.81. The highest BCUT2D eigenvalue weighted by atomic mass is 32.2. The van der Waals surface area contributed by atoms with Gasteiger partial charge < -0.3 is 4.90 Å². The molecule has 7 atom stereocenters. The number of hydrogen-bond acceptors (Lipinski definition) is 4. The molecule has 1 aromatic rings. The van der Waals surface area contributed by atoms with Crippen LogP contribution in [0.2, 0.25) is 0 Å². The molecule has 6 aliphatic rings. The van der Waals surface area contributed by atoms with Crippen molar-refractivity contribution in [3.63, 3.8) is 0 Å². The Morgan fingerprint density at radius 2 is 1.48 bits per heavy atom. The minimum atomic E-state index is -0.0728. The van der Waals surface area contributed by atoms with Crippen molar-refractivity contribution in [3.8, 4) is 0 Å². The zero-order valence-electron chi connectivity index (χ0n) is 24.7. The van der Waals surface area contributed by atoms with Crippen LogP contribution in [0.15, 0.2) is 30.3 Å². The normalized spacial score (nSPS) is 38.0. The van der Waals surface area contributed by atoms with E-state index in [9.17, 15) is 4.79 Å². The molecule has 0 spiro atoms. The molecule has 2 aliphatic heterocycles. The van der Waals surface area contributed by atoms with Crippen molar-refractivity contribution in [2.24, 2.45) is 35.5 Å².